The average Bonchev–Trinajstić information content (AvgIpc) is 3.14. The van der Waals surface area contributed by atoms with Crippen LogP contribution in [0.5, 0.6) is 11.5 Å². The molecule has 150 valence electrons. The van der Waals surface area contributed by atoms with Crippen molar-refractivity contribution in [2.45, 2.75) is 38.0 Å². The van der Waals surface area contributed by atoms with Crippen molar-refractivity contribution in [3.63, 3.8) is 0 Å². The molecule has 2 aromatic rings. The first-order valence-corrected chi connectivity index (χ1v) is 8.95. The average molecular weight is 394 g/mol. The third kappa shape index (κ3) is 5.09. The third-order valence-electron chi connectivity index (χ3n) is 4.47. The van der Waals surface area contributed by atoms with Crippen molar-refractivity contribution in [3.05, 3.63) is 48.0 Å². The summed E-state index contributed by atoms with van der Waals surface area (Å²) in [4.78, 5) is 12.2. The fraction of sp³-hybridized carbons (Fsp3) is 0.350. The maximum Gasteiger partial charge on any atom is 0.416 e. The van der Waals surface area contributed by atoms with Gasteiger partial charge in [0.2, 0.25) is 0 Å². The second kappa shape index (κ2) is 8.41. The minimum Gasteiger partial charge on any atom is -0.493 e. The number of hydrogen-bond donors (Lipinski definition) is 2. The van der Waals surface area contributed by atoms with Gasteiger partial charge in [-0.1, -0.05) is 6.07 Å². The van der Waals surface area contributed by atoms with Gasteiger partial charge in [0.1, 0.15) is 0 Å². The summed E-state index contributed by atoms with van der Waals surface area (Å²) in [5.41, 5.74) is -0.344. The Kier molecular flexibility index (Phi) is 5.96. The van der Waals surface area contributed by atoms with Crippen molar-refractivity contribution in [2.75, 3.05) is 17.7 Å². The van der Waals surface area contributed by atoms with Gasteiger partial charge < -0.3 is 20.1 Å². The highest BCUT2D eigenvalue weighted by molar-refractivity contribution is 6.00. The first-order valence-electron chi connectivity index (χ1n) is 8.95. The fourth-order valence-electron chi connectivity index (χ4n) is 3.10. The number of methoxy groups -OCH3 is 1. The van der Waals surface area contributed by atoms with Crippen molar-refractivity contribution in [1.29, 1.82) is 0 Å². The number of hydrogen-bond acceptors (Lipinski definition) is 3. The molecule has 0 saturated heterocycles. The van der Waals surface area contributed by atoms with Gasteiger partial charge in [-0.2, -0.15) is 13.2 Å². The molecule has 28 heavy (non-hydrogen) atoms. The molecular weight excluding hydrogens is 373 g/mol. The van der Waals surface area contributed by atoms with Gasteiger partial charge in [0.25, 0.3) is 0 Å². The molecule has 0 aliphatic heterocycles. The molecule has 0 bridgehead atoms. The maximum absolute atomic E-state index is 12.8. The zero-order chi connectivity index (χ0) is 20.1. The van der Waals surface area contributed by atoms with Crippen LogP contribution < -0.4 is 20.1 Å². The Labute approximate surface area is 160 Å². The monoisotopic (exact) mass is 394 g/mol. The molecule has 2 amide bonds. The van der Waals surface area contributed by atoms with E-state index in [-0.39, 0.29) is 11.8 Å². The number of ether oxygens (including phenoxy) is 2. The lowest BCUT2D eigenvalue weighted by Crippen LogP contribution is -2.20. The van der Waals surface area contributed by atoms with E-state index in [0.29, 0.717) is 17.2 Å². The number of nitrogens with one attached hydrogen (secondary N) is 2. The zero-order valence-electron chi connectivity index (χ0n) is 15.3. The van der Waals surface area contributed by atoms with Crippen LogP contribution in [-0.2, 0) is 6.18 Å². The number of urea groups is 1. The number of amides is 2. The van der Waals surface area contributed by atoms with Gasteiger partial charge in [-0.25, -0.2) is 4.79 Å². The topological polar surface area (TPSA) is 59.6 Å². The minimum atomic E-state index is -4.48. The van der Waals surface area contributed by atoms with E-state index in [1.165, 1.54) is 19.2 Å². The van der Waals surface area contributed by atoms with Gasteiger partial charge in [-0.15, -0.1) is 0 Å². The summed E-state index contributed by atoms with van der Waals surface area (Å²) in [6.45, 7) is 0. The van der Waals surface area contributed by atoms with E-state index in [1.54, 1.807) is 18.2 Å². The lowest BCUT2D eigenvalue weighted by atomic mass is 10.2. The van der Waals surface area contributed by atoms with Gasteiger partial charge in [0, 0.05) is 17.4 Å². The van der Waals surface area contributed by atoms with Crippen LogP contribution in [0.15, 0.2) is 42.5 Å². The Morgan fingerprint density at radius 3 is 2.32 bits per heavy atom. The Bertz CT molecular complexity index is 834. The van der Waals surface area contributed by atoms with Crippen molar-refractivity contribution < 1.29 is 27.4 Å². The van der Waals surface area contributed by atoms with Crippen LogP contribution in [0, 0.1) is 0 Å². The summed E-state index contributed by atoms with van der Waals surface area (Å²) in [6.07, 6.45) is -0.193. The lowest BCUT2D eigenvalue weighted by molar-refractivity contribution is -0.137. The van der Waals surface area contributed by atoms with E-state index in [4.69, 9.17) is 9.47 Å². The molecule has 0 unspecified atom stereocenters. The molecule has 1 fully saturated rings. The van der Waals surface area contributed by atoms with Gasteiger partial charge in [0.15, 0.2) is 11.5 Å². The Morgan fingerprint density at radius 1 is 1.00 bits per heavy atom. The molecule has 5 nitrogen and oxygen atoms in total. The van der Waals surface area contributed by atoms with Crippen LogP contribution in [0.1, 0.15) is 31.2 Å². The van der Waals surface area contributed by atoms with Crippen molar-refractivity contribution in [3.8, 4) is 11.5 Å². The number of halogens is 3. The maximum atomic E-state index is 12.8. The van der Waals surface area contributed by atoms with E-state index in [0.717, 1.165) is 37.8 Å². The quantitative estimate of drug-likeness (QED) is 0.686. The minimum absolute atomic E-state index is 0.0447. The summed E-state index contributed by atoms with van der Waals surface area (Å²) >= 11 is 0. The van der Waals surface area contributed by atoms with Crippen LogP contribution in [0.2, 0.25) is 0 Å². The van der Waals surface area contributed by atoms with E-state index >= 15 is 0 Å². The van der Waals surface area contributed by atoms with Crippen LogP contribution in [0.25, 0.3) is 0 Å². The number of benzene rings is 2. The van der Waals surface area contributed by atoms with Crippen molar-refractivity contribution in [2.24, 2.45) is 0 Å². The number of rotatable bonds is 5. The second-order valence-corrected chi connectivity index (χ2v) is 6.55. The molecule has 1 aliphatic rings. The predicted molar refractivity (Wildman–Crippen MR) is 100.0 cm³/mol. The summed E-state index contributed by atoms with van der Waals surface area (Å²) in [6, 6.07) is 8.73. The Balaban J connectivity index is 1.68. The van der Waals surface area contributed by atoms with Crippen LogP contribution in [0.4, 0.5) is 29.3 Å². The molecular formula is C20H21F3N2O3. The molecule has 3 rings (SSSR count). The third-order valence-corrected chi connectivity index (χ3v) is 4.47. The predicted octanol–water partition coefficient (Wildman–Crippen LogP) is 5.68. The molecule has 2 aromatic carbocycles. The molecule has 0 atom stereocenters. The largest absolute Gasteiger partial charge is 0.493 e. The summed E-state index contributed by atoms with van der Waals surface area (Å²) < 4.78 is 49.6. The molecule has 1 aliphatic carbocycles. The van der Waals surface area contributed by atoms with E-state index in [9.17, 15) is 18.0 Å². The first kappa shape index (κ1) is 19.9. The van der Waals surface area contributed by atoms with Gasteiger partial charge >= 0.3 is 12.2 Å². The van der Waals surface area contributed by atoms with Crippen molar-refractivity contribution >= 4 is 17.4 Å². The van der Waals surface area contributed by atoms with Gasteiger partial charge in [0.05, 0.1) is 18.8 Å². The Morgan fingerprint density at radius 2 is 1.68 bits per heavy atom. The fourth-order valence-corrected chi connectivity index (χ4v) is 3.10. The standard InChI is InChI=1S/C20H21F3N2O3/c1-27-17-10-9-15(12-18(17)28-16-7-2-3-8-16)25-19(26)24-14-6-4-5-13(11-14)20(21,22)23/h4-6,9-12,16H,2-3,7-8H2,1H3,(H2,24,25,26). The van der Waals surface area contributed by atoms with Gasteiger partial charge in [-0.3, -0.25) is 0 Å². The Hall–Kier alpha value is -2.90. The van der Waals surface area contributed by atoms with E-state index < -0.39 is 17.8 Å². The molecule has 0 heterocycles. The SMILES string of the molecule is COc1ccc(NC(=O)Nc2cccc(C(F)(F)F)c2)cc1OC1CCCC1. The number of anilines is 2. The highest BCUT2D eigenvalue weighted by Gasteiger charge is 2.30. The van der Waals surface area contributed by atoms with Crippen molar-refractivity contribution in [1.82, 2.24) is 0 Å². The molecule has 8 heteroatoms. The number of carbonyl (C=O) groups excluding carboxylic acids is 1. The molecule has 0 aromatic heterocycles. The highest BCUT2D eigenvalue weighted by atomic mass is 19.4. The van der Waals surface area contributed by atoms with Crippen LogP contribution >= 0.6 is 0 Å². The zero-order valence-corrected chi connectivity index (χ0v) is 15.3. The lowest BCUT2D eigenvalue weighted by Gasteiger charge is -2.17. The van der Waals surface area contributed by atoms with Crippen LogP contribution in [0.3, 0.4) is 0 Å². The summed E-state index contributed by atoms with van der Waals surface area (Å²) in [5.74, 6) is 1.07. The summed E-state index contributed by atoms with van der Waals surface area (Å²) in [5, 5.41) is 5.00. The summed E-state index contributed by atoms with van der Waals surface area (Å²) in [7, 11) is 1.53. The normalized spacial score (nSPS) is 14.6. The smallest absolute Gasteiger partial charge is 0.416 e. The number of alkyl halides is 3. The molecule has 1 saturated carbocycles. The molecule has 2 N–H and O–H groups in total. The molecule has 0 spiro atoms. The van der Waals surface area contributed by atoms with E-state index in [1.807, 2.05) is 0 Å². The first-order chi connectivity index (χ1) is 13.3. The molecule has 0 radical (unpaired) electrons. The number of carbonyl (C=O) groups is 1. The van der Waals surface area contributed by atoms with Gasteiger partial charge in [-0.05, 0) is 56.0 Å². The van der Waals surface area contributed by atoms with Crippen LogP contribution in [-0.4, -0.2) is 19.2 Å². The second-order valence-electron chi connectivity index (χ2n) is 6.55. The highest BCUT2D eigenvalue weighted by Crippen LogP contribution is 2.34. The van der Waals surface area contributed by atoms with E-state index in [2.05, 4.69) is 10.6 Å².